The second-order valence-electron chi connectivity index (χ2n) is 7.95. The topological polar surface area (TPSA) is 104 Å². The Morgan fingerprint density at radius 1 is 1.17 bits per heavy atom. The van der Waals surface area contributed by atoms with Crippen LogP contribution in [0, 0.1) is 0 Å². The summed E-state index contributed by atoms with van der Waals surface area (Å²) < 4.78 is 25.8. The minimum Gasteiger partial charge on any atom is -0.323 e. The molecule has 2 aliphatic heterocycles. The molecule has 3 amide bonds. The maximum atomic E-state index is 12.9. The molecular weight excluding hydrogens is 394 g/mol. The fraction of sp³-hybridized carbons (Fsp3) is 0.550. The smallest absolute Gasteiger partial charge is 0.323 e. The summed E-state index contributed by atoms with van der Waals surface area (Å²) in [5.74, 6) is -0.626. The first kappa shape index (κ1) is 19.9. The summed E-state index contributed by atoms with van der Waals surface area (Å²) >= 11 is 0. The summed E-state index contributed by atoms with van der Waals surface area (Å²) in [5, 5.41) is 2.81. The van der Waals surface area contributed by atoms with Gasteiger partial charge in [-0.1, -0.05) is 19.3 Å². The van der Waals surface area contributed by atoms with E-state index >= 15 is 0 Å². The highest BCUT2D eigenvalue weighted by Crippen LogP contribution is 2.34. The number of nitrogens with zero attached hydrogens (tertiary/aromatic N) is 2. The molecule has 0 bridgehead atoms. The van der Waals surface area contributed by atoms with Crippen LogP contribution >= 0.6 is 0 Å². The van der Waals surface area contributed by atoms with Gasteiger partial charge in [-0.3, -0.25) is 18.8 Å². The zero-order chi connectivity index (χ0) is 20.8. The number of hydrogen-bond donors (Lipinski definition) is 1. The Morgan fingerprint density at radius 2 is 1.90 bits per heavy atom. The zero-order valence-electron chi connectivity index (χ0n) is 16.4. The molecule has 0 atom stereocenters. The van der Waals surface area contributed by atoms with Crippen molar-refractivity contribution in [3.8, 4) is 0 Å². The Kier molecular flexibility index (Phi) is 4.88. The van der Waals surface area contributed by atoms with Crippen molar-refractivity contribution < 1.29 is 22.8 Å². The molecule has 0 unspecified atom stereocenters. The van der Waals surface area contributed by atoms with Crippen LogP contribution in [0.3, 0.4) is 0 Å². The van der Waals surface area contributed by atoms with Gasteiger partial charge in [-0.05, 0) is 49.9 Å². The van der Waals surface area contributed by atoms with Gasteiger partial charge in [-0.15, -0.1) is 0 Å². The van der Waals surface area contributed by atoms with Crippen molar-refractivity contribution in [1.29, 1.82) is 0 Å². The van der Waals surface area contributed by atoms with Gasteiger partial charge in [0.05, 0.1) is 18.0 Å². The van der Waals surface area contributed by atoms with Crippen LogP contribution in [-0.2, 0) is 21.2 Å². The molecule has 0 radical (unpaired) electrons. The van der Waals surface area contributed by atoms with Crippen LogP contribution in [0.25, 0.3) is 0 Å². The molecule has 1 N–H and O–H groups in total. The fourth-order valence-electron chi connectivity index (χ4n) is 4.54. The van der Waals surface area contributed by atoms with Gasteiger partial charge in [0.15, 0.2) is 5.78 Å². The summed E-state index contributed by atoms with van der Waals surface area (Å²) in [4.78, 5) is 39.0. The highest BCUT2D eigenvalue weighted by Gasteiger charge is 2.51. The van der Waals surface area contributed by atoms with E-state index in [-0.39, 0.29) is 24.0 Å². The summed E-state index contributed by atoms with van der Waals surface area (Å²) in [7, 11) is -3.35. The number of imide groups is 1. The molecule has 3 aliphatic rings. The van der Waals surface area contributed by atoms with Gasteiger partial charge >= 0.3 is 6.03 Å². The van der Waals surface area contributed by atoms with Gasteiger partial charge in [-0.2, -0.15) is 0 Å². The van der Waals surface area contributed by atoms with Crippen LogP contribution in [0.1, 0.15) is 54.9 Å². The number of amides is 3. The summed E-state index contributed by atoms with van der Waals surface area (Å²) in [6.07, 6.45) is 4.57. The van der Waals surface area contributed by atoms with Gasteiger partial charge < -0.3 is 5.32 Å². The number of benzene rings is 1. The average molecular weight is 420 g/mol. The first-order valence-electron chi connectivity index (χ1n) is 10.1. The molecule has 29 heavy (non-hydrogen) atoms. The summed E-state index contributed by atoms with van der Waals surface area (Å²) in [6.45, 7) is 1.66. The summed E-state index contributed by atoms with van der Waals surface area (Å²) in [6, 6.07) is 4.38. The second kappa shape index (κ2) is 7.12. The number of rotatable bonds is 5. The Bertz CT molecular complexity index is 982. The van der Waals surface area contributed by atoms with E-state index in [9.17, 15) is 22.8 Å². The average Bonchev–Trinajstić information content (AvgIpc) is 3.24. The Labute approximate surface area is 170 Å². The van der Waals surface area contributed by atoms with E-state index in [4.69, 9.17) is 0 Å². The van der Waals surface area contributed by atoms with E-state index < -0.39 is 21.6 Å². The molecular formula is C20H25N3O5S. The van der Waals surface area contributed by atoms with Gasteiger partial charge in [0.1, 0.15) is 5.54 Å². The number of carbonyl (C=O) groups excluding carboxylic acids is 3. The van der Waals surface area contributed by atoms with Gasteiger partial charge in [0.25, 0.3) is 5.91 Å². The molecule has 2 fully saturated rings. The van der Waals surface area contributed by atoms with Crippen LogP contribution in [0.15, 0.2) is 18.2 Å². The van der Waals surface area contributed by atoms with Crippen molar-refractivity contribution >= 4 is 33.4 Å². The van der Waals surface area contributed by atoms with E-state index in [1.165, 1.54) is 4.31 Å². The van der Waals surface area contributed by atoms with E-state index in [1.807, 2.05) is 0 Å². The van der Waals surface area contributed by atoms with Crippen molar-refractivity contribution in [2.24, 2.45) is 0 Å². The van der Waals surface area contributed by atoms with Crippen molar-refractivity contribution in [3.05, 3.63) is 29.3 Å². The first-order chi connectivity index (χ1) is 13.8. The van der Waals surface area contributed by atoms with E-state index in [0.29, 0.717) is 37.1 Å². The molecule has 1 spiro atoms. The van der Waals surface area contributed by atoms with Crippen LogP contribution < -0.4 is 9.62 Å². The highest BCUT2D eigenvalue weighted by atomic mass is 32.2. The Morgan fingerprint density at radius 3 is 2.59 bits per heavy atom. The lowest BCUT2D eigenvalue weighted by Crippen LogP contribution is -2.48. The number of anilines is 1. The van der Waals surface area contributed by atoms with Gasteiger partial charge in [0.2, 0.25) is 10.0 Å². The van der Waals surface area contributed by atoms with Crippen LogP contribution in [0.5, 0.6) is 0 Å². The predicted octanol–water partition coefficient (Wildman–Crippen LogP) is 1.84. The number of ketones is 1. The SMILES string of the molecule is CCS(=O)(=O)N1CCc2cc(C(=O)CN3C(=O)NC4(CCCCC4)C3=O)ccc21. The first-order valence-corrected chi connectivity index (χ1v) is 11.7. The lowest BCUT2D eigenvalue weighted by molar-refractivity contribution is -0.132. The largest absolute Gasteiger partial charge is 0.325 e. The molecule has 9 heteroatoms. The van der Waals surface area contributed by atoms with E-state index in [1.54, 1.807) is 25.1 Å². The van der Waals surface area contributed by atoms with Crippen LogP contribution in [0.4, 0.5) is 10.5 Å². The zero-order valence-corrected chi connectivity index (χ0v) is 17.3. The molecule has 1 aromatic carbocycles. The molecule has 0 aromatic heterocycles. The number of carbonyl (C=O) groups is 3. The Balaban J connectivity index is 1.51. The highest BCUT2D eigenvalue weighted by molar-refractivity contribution is 7.92. The van der Waals surface area contributed by atoms with Crippen molar-refractivity contribution in [2.75, 3.05) is 23.1 Å². The van der Waals surface area contributed by atoms with Crippen molar-refractivity contribution in [2.45, 2.75) is 51.0 Å². The minimum atomic E-state index is -3.35. The molecule has 1 saturated heterocycles. The molecule has 2 heterocycles. The Hall–Kier alpha value is -2.42. The standard InChI is InChI=1S/C20H25N3O5S/c1-2-29(27,28)23-11-8-14-12-15(6-7-16(14)23)17(24)13-22-18(25)20(21-19(22)26)9-4-3-5-10-20/h6-7,12H,2-5,8-11,13H2,1H3,(H,21,26). The number of nitrogens with one attached hydrogen (secondary N) is 1. The van der Waals surface area contributed by atoms with Crippen LogP contribution in [-0.4, -0.2) is 55.4 Å². The normalized spacial score (nSPS) is 20.9. The molecule has 1 saturated carbocycles. The number of Topliss-reactive ketones (excluding diaryl/α,β-unsaturated/α-hetero) is 1. The van der Waals surface area contributed by atoms with Crippen molar-refractivity contribution in [1.82, 2.24) is 10.2 Å². The van der Waals surface area contributed by atoms with Crippen molar-refractivity contribution in [3.63, 3.8) is 0 Å². The fourth-order valence-corrected chi connectivity index (χ4v) is 5.70. The molecule has 8 nitrogen and oxygen atoms in total. The second-order valence-corrected chi connectivity index (χ2v) is 10.1. The van der Waals surface area contributed by atoms with E-state index in [2.05, 4.69) is 5.32 Å². The quantitative estimate of drug-likeness (QED) is 0.579. The van der Waals surface area contributed by atoms with Gasteiger partial charge in [-0.25, -0.2) is 13.2 Å². The van der Waals surface area contributed by atoms with E-state index in [0.717, 1.165) is 29.7 Å². The lowest BCUT2D eigenvalue weighted by Gasteiger charge is -2.30. The monoisotopic (exact) mass is 419 g/mol. The maximum Gasteiger partial charge on any atom is 0.325 e. The third-order valence-corrected chi connectivity index (χ3v) is 7.99. The third kappa shape index (κ3) is 3.31. The molecule has 1 aromatic rings. The summed E-state index contributed by atoms with van der Waals surface area (Å²) in [5.41, 5.74) is 0.917. The predicted molar refractivity (Wildman–Crippen MR) is 107 cm³/mol. The number of fused-ring (bicyclic) bond motifs is 1. The lowest BCUT2D eigenvalue weighted by atomic mass is 9.82. The molecule has 1 aliphatic carbocycles. The molecule has 156 valence electrons. The van der Waals surface area contributed by atoms with Crippen LogP contribution in [0.2, 0.25) is 0 Å². The maximum absolute atomic E-state index is 12.9. The third-order valence-electron chi connectivity index (χ3n) is 6.21. The number of hydrogen-bond acceptors (Lipinski definition) is 5. The number of urea groups is 1. The number of sulfonamides is 1. The minimum absolute atomic E-state index is 0.0149. The van der Waals surface area contributed by atoms with Gasteiger partial charge in [0, 0.05) is 12.1 Å². The molecule has 4 rings (SSSR count).